The average molecular weight is 641 g/mol. The summed E-state index contributed by atoms with van der Waals surface area (Å²) >= 11 is 3.14. The smallest absolute Gasteiger partial charge is 0.225 e. The molecule has 1 saturated heterocycles. The molecule has 6 aromatic rings. The van der Waals surface area contributed by atoms with Crippen LogP contribution in [0.25, 0.3) is 38.0 Å². The molecule has 45 heavy (non-hydrogen) atoms. The van der Waals surface area contributed by atoms with Gasteiger partial charge >= 0.3 is 0 Å². The van der Waals surface area contributed by atoms with Gasteiger partial charge in [-0.3, -0.25) is 9.69 Å². The normalized spacial score (nSPS) is 15.7. The molecule has 0 atom stereocenters. The largest absolute Gasteiger partial charge is 0.496 e. The number of hydrogen-bond donors (Lipinski definition) is 0. The van der Waals surface area contributed by atoms with Crippen LogP contribution in [0.4, 0.5) is 0 Å². The minimum Gasteiger partial charge on any atom is -0.496 e. The highest BCUT2D eigenvalue weighted by Gasteiger charge is 2.34. The second kappa shape index (κ2) is 11.6. The Kier molecular flexibility index (Phi) is 7.27. The summed E-state index contributed by atoms with van der Waals surface area (Å²) in [5.74, 6) is 2.61. The molecule has 1 aliphatic carbocycles. The standard InChI is InChI=1S/C33H32N6O4S2/c1-20-36-39-17-27(35-33(39)45-20)30-15-26-28(13-25(41-2)14-29(26)43-30)42-18-24-19-44-31(34-24)22-5-3-21(4-6-22)16-37-9-11-38(12-10-37)32(40)23-7-8-23/h3-6,13-15,17,19,23H,7-12,16,18H2,1-2H3. The van der Waals surface area contributed by atoms with E-state index in [0.29, 0.717) is 47.0 Å². The van der Waals surface area contributed by atoms with Crippen LogP contribution in [0.1, 0.15) is 29.1 Å². The molecule has 0 unspecified atom stereocenters. The predicted molar refractivity (Wildman–Crippen MR) is 174 cm³/mol. The third-order valence-electron chi connectivity index (χ3n) is 8.35. The lowest BCUT2D eigenvalue weighted by atomic mass is 10.1. The lowest BCUT2D eigenvalue weighted by molar-refractivity contribution is -0.134. The zero-order valence-corrected chi connectivity index (χ0v) is 26.7. The van der Waals surface area contributed by atoms with Gasteiger partial charge in [0.05, 0.1) is 24.4 Å². The van der Waals surface area contributed by atoms with E-state index in [9.17, 15) is 4.79 Å². The first-order valence-electron chi connectivity index (χ1n) is 15.1. The molecule has 4 aromatic heterocycles. The van der Waals surface area contributed by atoms with Crippen LogP contribution in [0.3, 0.4) is 0 Å². The molecule has 0 radical (unpaired) electrons. The Morgan fingerprint density at radius 3 is 2.64 bits per heavy atom. The quantitative estimate of drug-likeness (QED) is 0.182. The summed E-state index contributed by atoms with van der Waals surface area (Å²) in [5.41, 5.74) is 4.58. The maximum atomic E-state index is 12.3. The van der Waals surface area contributed by atoms with Crippen molar-refractivity contribution in [2.24, 2.45) is 5.92 Å². The van der Waals surface area contributed by atoms with Gasteiger partial charge in [-0.05, 0) is 31.4 Å². The molecule has 5 heterocycles. The minimum absolute atomic E-state index is 0.304. The first-order chi connectivity index (χ1) is 22.0. The monoisotopic (exact) mass is 640 g/mol. The maximum Gasteiger partial charge on any atom is 0.225 e. The fourth-order valence-electron chi connectivity index (χ4n) is 5.75. The van der Waals surface area contributed by atoms with Crippen LogP contribution < -0.4 is 9.47 Å². The number of furan rings is 1. The van der Waals surface area contributed by atoms with Gasteiger partial charge in [0.2, 0.25) is 10.9 Å². The van der Waals surface area contributed by atoms with Gasteiger partial charge in [0, 0.05) is 61.7 Å². The van der Waals surface area contributed by atoms with E-state index in [1.165, 1.54) is 16.9 Å². The molecular formula is C33H32N6O4S2. The zero-order chi connectivity index (χ0) is 30.5. The van der Waals surface area contributed by atoms with Crippen molar-refractivity contribution in [1.29, 1.82) is 0 Å². The molecule has 0 spiro atoms. The number of hydrogen-bond acceptors (Lipinski definition) is 10. The van der Waals surface area contributed by atoms with Gasteiger partial charge in [0.15, 0.2) is 5.76 Å². The molecule has 1 amide bonds. The van der Waals surface area contributed by atoms with Crippen molar-refractivity contribution in [2.75, 3.05) is 33.3 Å². The molecule has 8 rings (SSSR count). The van der Waals surface area contributed by atoms with Crippen LogP contribution in [0.15, 0.2) is 58.5 Å². The number of carbonyl (C=O) groups is 1. The second-order valence-corrected chi connectivity index (χ2v) is 13.6. The number of amides is 1. The van der Waals surface area contributed by atoms with Crippen molar-refractivity contribution >= 4 is 44.5 Å². The van der Waals surface area contributed by atoms with Gasteiger partial charge in [-0.2, -0.15) is 5.10 Å². The van der Waals surface area contributed by atoms with Crippen molar-refractivity contribution < 1.29 is 18.7 Å². The van der Waals surface area contributed by atoms with E-state index in [4.69, 9.17) is 18.9 Å². The Hall–Kier alpha value is -4.26. The Balaban J connectivity index is 0.922. The molecule has 0 bridgehead atoms. The van der Waals surface area contributed by atoms with Gasteiger partial charge in [0.25, 0.3) is 0 Å². The first kappa shape index (κ1) is 28.2. The van der Waals surface area contributed by atoms with Gasteiger partial charge < -0.3 is 18.8 Å². The summed E-state index contributed by atoms with van der Waals surface area (Å²) in [6.45, 7) is 6.69. The van der Waals surface area contributed by atoms with Crippen molar-refractivity contribution in [3.63, 3.8) is 0 Å². The number of aromatic nitrogens is 4. The van der Waals surface area contributed by atoms with Crippen molar-refractivity contribution in [1.82, 2.24) is 29.4 Å². The van der Waals surface area contributed by atoms with Crippen LogP contribution in [-0.2, 0) is 17.9 Å². The lowest BCUT2D eigenvalue weighted by Crippen LogP contribution is -2.48. The van der Waals surface area contributed by atoms with Crippen LogP contribution in [0.2, 0.25) is 0 Å². The van der Waals surface area contributed by atoms with Gasteiger partial charge in [0.1, 0.15) is 39.4 Å². The Bertz CT molecular complexity index is 1970. The number of carbonyl (C=O) groups excluding carboxylic acids is 1. The average Bonchev–Trinajstić information content (AvgIpc) is 3.32. The van der Waals surface area contributed by atoms with Crippen LogP contribution in [0, 0.1) is 12.8 Å². The maximum absolute atomic E-state index is 12.3. The molecule has 2 aliphatic rings. The van der Waals surface area contributed by atoms with E-state index in [1.807, 2.05) is 41.6 Å². The fraction of sp³-hybridized carbons (Fsp3) is 0.333. The van der Waals surface area contributed by atoms with Crippen molar-refractivity contribution in [3.05, 3.63) is 70.3 Å². The molecule has 2 fully saturated rings. The molecule has 1 saturated carbocycles. The summed E-state index contributed by atoms with van der Waals surface area (Å²) in [6.07, 6.45) is 4.01. The predicted octanol–water partition coefficient (Wildman–Crippen LogP) is 6.28. The topological polar surface area (TPSA) is 98.2 Å². The number of ether oxygens (including phenoxy) is 2. The number of aryl methyl sites for hydroxylation is 1. The number of methoxy groups -OCH3 is 1. The van der Waals surface area contributed by atoms with Gasteiger partial charge in [-0.15, -0.1) is 11.3 Å². The molecule has 230 valence electrons. The van der Waals surface area contributed by atoms with Crippen LogP contribution >= 0.6 is 22.7 Å². The van der Waals surface area contributed by atoms with E-state index in [-0.39, 0.29) is 0 Å². The molecular weight excluding hydrogens is 609 g/mol. The molecule has 12 heteroatoms. The van der Waals surface area contributed by atoms with Gasteiger partial charge in [-0.1, -0.05) is 35.6 Å². The van der Waals surface area contributed by atoms with E-state index in [2.05, 4.69) is 39.2 Å². The molecule has 1 aliphatic heterocycles. The number of piperazine rings is 1. The Labute approximate surface area is 267 Å². The first-order valence-corrected chi connectivity index (χ1v) is 16.8. The highest BCUT2D eigenvalue weighted by molar-refractivity contribution is 7.16. The lowest BCUT2D eigenvalue weighted by Gasteiger charge is -2.35. The van der Waals surface area contributed by atoms with Gasteiger partial charge in [-0.25, -0.2) is 14.5 Å². The summed E-state index contributed by atoms with van der Waals surface area (Å²) in [4.78, 5) is 27.2. The fourth-order valence-corrected chi connectivity index (χ4v) is 7.28. The minimum atomic E-state index is 0.304. The van der Waals surface area contributed by atoms with Crippen molar-refractivity contribution in [2.45, 2.75) is 32.9 Å². The number of fused-ring (bicyclic) bond motifs is 2. The van der Waals surface area contributed by atoms with E-state index < -0.39 is 0 Å². The van der Waals surface area contributed by atoms with Crippen molar-refractivity contribution in [3.8, 4) is 33.5 Å². The van der Waals surface area contributed by atoms with Crippen LogP contribution in [0.5, 0.6) is 11.5 Å². The number of nitrogens with zero attached hydrogens (tertiary/aromatic N) is 6. The number of rotatable bonds is 9. The Morgan fingerprint density at radius 2 is 1.89 bits per heavy atom. The summed E-state index contributed by atoms with van der Waals surface area (Å²) < 4.78 is 19.8. The zero-order valence-electron chi connectivity index (χ0n) is 25.1. The SMILES string of the molecule is COc1cc(OCc2csc(-c3ccc(CN4CCN(C(=O)C5CC5)CC4)cc3)n2)c2cc(-c3cn4nc(C)sc4n3)oc2c1. The third kappa shape index (κ3) is 5.81. The molecule has 10 nitrogen and oxygen atoms in total. The number of benzene rings is 2. The summed E-state index contributed by atoms with van der Waals surface area (Å²) in [7, 11) is 1.63. The van der Waals surface area contributed by atoms with E-state index in [0.717, 1.165) is 77.2 Å². The second-order valence-electron chi connectivity index (χ2n) is 11.6. The highest BCUT2D eigenvalue weighted by atomic mass is 32.1. The highest BCUT2D eigenvalue weighted by Crippen LogP contribution is 2.38. The van der Waals surface area contributed by atoms with E-state index >= 15 is 0 Å². The summed E-state index contributed by atoms with van der Waals surface area (Å²) in [5, 5.41) is 9.25. The molecule has 2 aromatic carbocycles. The molecule has 0 N–H and O–H groups in total. The number of thiazole rings is 1. The Morgan fingerprint density at radius 1 is 1.07 bits per heavy atom. The summed E-state index contributed by atoms with van der Waals surface area (Å²) in [6, 6.07) is 14.3. The van der Waals surface area contributed by atoms with Crippen LogP contribution in [-0.4, -0.2) is 68.6 Å². The van der Waals surface area contributed by atoms with E-state index in [1.54, 1.807) is 23.0 Å². The number of imidazole rings is 1. The third-order valence-corrected chi connectivity index (χ3v) is 10.1.